The van der Waals surface area contributed by atoms with Crippen LogP contribution in [0.25, 0.3) is 10.9 Å². The molecule has 2 aromatic rings. The summed E-state index contributed by atoms with van der Waals surface area (Å²) in [5, 5.41) is 7.65. The molecule has 2 aliphatic rings. The van der Waals surface area contributed by atoms with Gasteiger partial charge in [0, 0.05) is 18.5 Å². The predicted molar refractivity (Wildman–Crippen MR) is 103 cm³/mol. The van der Waals surface area contributed by atoms with Crippen LogP contribution in [0.1, 0.15) is 29.7 Å². The number of nitrogens with zero attached hydrogens (tertiary/aromatic N) is 4. The Kier molecular flexibility index (Phi) is 4.74. The third-order valence-corrected chi connectivity index (χ3v) is 4.94. The van der Waals surface area contributed by atoms with Crippen molar-refractivity contribution in [2.75, 3.05) is 31.8 Å². The number of guanidine groups is 1. The first-order valence-electron chi connectivity index (χ1n) is 9.23. The Balaban J connectivity index is 1.46. The molecule has 0 bridgehead atoms. The molecule has 7 heteroatoms. The van der Waals surface area contributed by atoms with Gasteiger partial charge in [-0.1, -0.05) is 11.6 Å². The lowest BCUT2D eigenvalue weighted by Crippen LogP contribution is -2.48. The minimum Gasteiger partial charge on any atom is -0.377 e. The molecule has 138 valence electrons. The number of aromatic nitrogens is 2. The molecule has 26 heavy (non-hydrogen) atoms. The number of rotatable bonds is 3. The van der Waals surface area contributed by atoms with E-state index in [2.05, 4.69) is 51.5 Å². The van der Waals surface area contributed by atoms with Crippen LogP contribution in [0, 0.1) is 20.8 Å². The van der Waals surface area contributed by atoms with Crippen LogP contribution in [0.2, 0.25) is 0 Å². The van der Waals surface area contributed by atoms with Crippen molar-refractivity contribution >= 4 is 22.8 Å². The Morgan fingerprint density at radius 1 is 1.27 bits per heavy atom. The second kappa shape index (κ2) is 7.17. The smallest absolute Gasteiger partial charge is 0.230 e. The van der Waals surface area contributed by atoms with Gasteiger partial charge in [-0.25, -0.2) is 15.0 Å². The lowest BCUT2D eigenvalue weighted by molar-refractivity contribution is 0.0715. The van der Waals surface area contributed by atoms with Gasteiger partial charge >= 0.3 is 0 Å². The number of nitrogens with one attached hydrogen (secondary N) is 2. The molecule has 0 spiro atoms. The third kappa shape index (κ3) is 3.64. The highest BCUT2D eigenvalue weighted by Gasteiger charge is 2.21. The summed E-state index contributed by atoms with van der Waals surface area (Å²) in [6, 6.07) is 4.29. The van der Waals surface area contributed by atoms with Crippen LogP contribution in [0.5, 0.6) is 0 Å². The van der Waals surface area contributed by atoms with E-state index in [1.54, 1.807) is 0 Å². The lowest BCUT2D eigenvalue weighted by atomic mass is 10.1. The number of hydrogen-bond acceptors (Lipinski definition) is 7. The second-order valence-electron chi connectivity index (χ2n) is 7.21. The molecule has 4 rings (SSSR count). The van der Waals surface area contributed by atoms with Gasteiger partial charge in [-0.05, 0) is 45.2 Å². The summed E-state index contributed by atoms with van der Waals surface area (Å²) in [4.78, 5) is 16.1. The van der Waals surface area contributed by atoms with Crippen LogP contribution in [0.4, 0.5) is 5.95 Å². The van der Waals surface area contributed by atoms with Crippen molar-refractivity contribution in [2.45, 2.75) is 39.7 Å². The summed E-state index contributed by atoms with van der Waals surface area (Å²) in [6.45, 7) is 9.42. The Morgan fingerprint density at radius 3 is 2.88 bits per heavy atom. The fraction of sp³-hybridized carbons (Fsp3) is 0.526. The Morgan fingerprint density at radius 2 is 2.15 bits per heavy atom. The van der Waals surface area contributed by atoms with E-state index in [-0.39, 0.29) is 0 Å². The zero-order valence-corrected chi connectivity index (χ0v) is 15.7. The van der Waals surface area contributed by atoms with Crippen molar-refractivity contribution in [1.29, 1.82) is 0 Å². The highest BCUT2D eigenvalue weighted by atomic mass is 16.5. The van der Waals surface area contributed by atoms with Crippen molar-refractivity contribution in [3.05, 3.63) is 29.0 Å². The van der Waals surface area contributed by atoms with Gasteiger partial charge in [0.05, 0.1) is 30.7 Å². The molecule has 0 aliphatic carbocycles. The molecule has 0 radical (unpaired) electrons. The molecule has 0 saturated carbocycles. The van der Waals surface area contributed by atoms with E-state index in [9.17, 15) is 0 Å². The van der Waals surface area contributed by atoms with E-state index >= 15 is 0 Å². The molecule has 1 saturated heterocycles. The Bertz CT molecular complexity index is 844. The fourth-order valence-electron chi connectivity index (χ4n) is 3.64. The van der Waals surface area contributed by atoms with Crippen LogP contribution in [-0.4, -0.2) is 53.4 Å². The van der Waals surface area contributed by atoms with Crippen molar-refractivity contribution in [2.24, 2.45) is 4.99 Å². The van der Waals surface area contributed by atoms with E-state index in [1.807, 2.05) is 6.92 Å². The summed E-state index contributed by atoms with van der Waals surface area (Å²) >= 11 is 0. The highest BCUT2D eigenvalue weighted by molar-refractivity contribution is 5.94. The maximum atomic E-state index is 5.70. The van der Waals surface area contributed by atoms with E-state index in [0.717, 1.165) is 54.4 Å². The number of aryl methyl sites for hydroxylation is 3. The first kappa shape index (κ1) is 17.2. The van der Waals surface area contributed by atoms with Gasteiger partial charge in [0.1, 0.15) is 0 Å². The van der Waals surface area contributed by atoms with Crippen LogP contribution < -0.4 is 10.6 Å². The Labute approximate surface area is 153 Å². The number of benzene rings is 1. The third-order valence-electron chi connectivity index (χ3n) is 4.94. The number of ether oxygens (including phenoxy) is 1. The normalized spacial score (nSPS) is 20.9. The zero-order chi connectivity index (χ0) is 18.1. The Hall–Kier alpha value is -2.25. The maximum absolute atomic E-state index is 5.70. The lowest BCUT2D eigenvalue weighted by Gasteiger charge is -2.28. The molecule has 1 aromatic heterocycles. The molecule has 0 unspecified atom stereocenters. The number of hydrogen-bond donors (Lipinski definition) is 2. The first-order valence-corrected chi connectivity index (χ1v) is 9.23. The quantitative estimate of drug-likeness (QED) is 0.881. The van der Waals surface area contributed by atoms with Gasteiger partial charge in [0.15, 0.2) is 0 Å². The summed E-state index contributed by atoms with van der Waals surface area (Å²) in [6.07, 6.45) is 2.66. The summed E-state index contributed by atoms with van der Waals surface area (Å²) in [5.74, 6) is 1.30. The van der Waals surface area contributed by atoms with Gasteiger partial charge in [-0.15, -0.1) is 0 Å². The van der Waals surface area contributed by atoms with Gasteiger partial charge in [0.25, 0.3) is 0 Å². The summed E-state index contributed by atoms with van der Waals surface area (Å²) in [7, 11) is 0. The van der Waals surface area contributed by atoms with Crippen molar-refractivity contribution in [3.63, 3.8) is 0 Å². The van der Waals surface area contributed by atoms with Gasteiger partial charge < -0.3 is 10.1 Å². The van der Waals surface area contributed by atoms with E-state index < -0.39 is 0 Å². The zero-order valence-electron chi connectivity index (χ0n) is 15.7. The number of aliphatic imine (C=N–C) groups is 1. The van der Waals surface area contributed by atoms with Crippen molar-refractivity contribution in [1.82, 2.24) is 20.2 Å². The minimum atomic E-state index is 0.347. The van der Waals surface area contributed by atoms with Crippen LogP contribution in [0.15, 0.2) is 17.1 Å². The molecule has 1 fully saturated rings. The molecular weight excluding hydrogens is 328 g/mol. The van der Waals surface area contributed by atoms with Gasteiger partial charge in [-0.2, -0.15) is 0 Å². The maximum Gasteiger partial charge on any atom is 0.230 e. The van der Waals surface area contributed by atoms with Gasteiger partial charge in [0.2, 0.25) is 11.9 Å². The van der Waals surface area contributed by atoms with Crippen LogP contribution >= 0.6 is 0 Å². The average Bonchev–Trinajstić information content (AvgIpc) is 3.11. The van der Waals surface area contributed by atoms with E-state index in [1.165, 1.54) is 12.0 Å². The van der Waals surface area contributed by atoms with Crippen molar-refractivity contribution < 1.29 is 4.74 Å². The number of fused-ring (bicyclic) bond motifs is 1. The topological polar surface area (TPSA) is 74.7 Å². The summed E-state index contributed by atoms with van der Waals surface area (Å²) in [5.41, 5.74) is 4.35. The SMILES string of the molecule is Cc1cc(C)c2nc(NC3=NCN(C[C@@H]4CCCO4)CN3)nc(C)c2c1. The fourth-order valence-corrected chi connectivity index (χ4v) is 3.64. The molecule has 0 amide bonds. The minimum absolute atomic E-state index is 0.347. The molecule has 2 aliphatic heterocycles. The molecule has 7 nitrogen and oxygen atoms in total. The highest BCUT2D eigenvalue weighted by Crippen LogP contribution is 2.22. The summed E-state index contributed by atoms with van der Waals surface area (Å²) < 4.78 is 5.70. The van der Waals surface area contributed by atoms with Gasteiger partial charge in [-0.3, -0.25) is 10.2 Å². The van der Waals surface area contributed by atoms with E-state index in [4.69, 9.17) is 9.72 Å². The average molecular weight is 354 g/mol. The van der Waals surface area contributed by atoms with Crippen LogP contribution in [0.3, 0.4) is 0 Å². The molecule has 3 heterocycles. The largest absolute Gasteiger partial charge is 0.377 e. The molecule has 2 N–H and O–H groups in total. The van der Waals surface area contributed by atoms with Crippen LogP contribution in [-0.2, 0) is 4.74 Å². The molecule has 1 aromatic carbocycles. The monoisotopic (exact) mass is 354 g/mol. The first-order chi connectivity index (χ1) is 12.6. The molecular formula is C19H26N6O. The van der Waals surface area contributed by atoms with E-state index in [0.29, 0.717) is 18.7 Å². The predicted octanol–water partition coefficient (Wildman–Crippen LogP) is 2.32. The number of anilines is 1. The standard InChI is InChI=1S/C19H26N6O/c1-12-7-13(2)17-16(8-12)14(3)22-19(23-17)24-18-20-10-25(11-21-18)9-15-5-4-6-26-15/h7-8,15H,4-6,9-11H2,1-3H3,(H2,20,21,22,23,24)/t15-/m0/s1. The van der Waals surface area contributed by atoms with Crippen molar-refractivity contribution in [3.8, 4) is 0 Å². The molecule has 1 atom stereocenters. The second-order valence-corrected chi connectivity index (χ2v) is 7.21.